The van der Waals surface area contributed by atoms with Gasteiger partial charge in [0.2, 0.25) is 0 Å². The van der Waals surface area contributed by atoms with E-state index in [9.17, 15) is 28.9 Å². The summed E-state index contributed by atoms with van der Waals surface area (Å²) in [5, 5.41) is 9.82. The molecule has 11 nitrogen and oxygen atoms in total. The van der Waals surface area contributed by atoms with Crippen molar-refractivity contribution >= 4 is 25.7 Å². The Labute approximate surface area is 463 Å². The average Bonchev–Trinajstić information content (AvgIpc) is 3.41. The lowest BCUT2D eigenvalue weighted by atomic mass is 10.1. The molecule has 0 aliphatic rings. The number of ether oxygens (including phenoxy) is 3. The van der Waals surface area contributed by atoms with Gasteiger partial charge in [-0.2, -0.15) is 0 Å². The molecule has 0 saturated carbocycles. The Morgan fingerprint density at radius 2 is 0.684 bits per heavy atom. The van der Waals surface area contributed by atoms with Gasteiger partial charge in [-0.3, -0.25) is 23.4 Å². The molecular formula is C64H107O11P. The van der Waals surface area contributed by atoms with Gasteiger partial charge in [-0.15, -0.1) is 0 Å². The van der Waals surface area contributed by atoms with E-state index in [0.29, 0.717) is 19.3 Å². The minimum atomic E-state index is -4.77. The molecule has 0 heterocycles. The first kappa shape index (κ1) is 72.1. The number of esters is 3. The number of rotatable bonds is 54. The van der Waals surface area contributed by atoms with Crippen LogP contribution in [0.25, 0.3) is 0 Å². The summed E-state index contributed by atoms with van der Waals surface area (Å²) in [5.41, 5.74) is 0. The molecule has 0 saturated heterocycles. The Balaban J connectivity index is 4.82. The molecule has 0 aliphatic heterocycles. The Kier molecular flexibility index (Phi) is 54.4. The van der Waals surface area contributed by atoms with Crippen LogP contribution in [0.1, 0.15) is 239 Å². The van der Waals surface area contributed by atoms with Crippen LogP contribution in [0.15, 0.2) is 109 Å². The lowest BCUT2D eigenvalue weighted by Gasteiger charge is -2.21. The summed E-state index contributed by atoms with van der Waals surface area (Å²) < 4.78 is 39.5. The van der Waals surface area contributed by atoms with Gasteiger partial charge in [0.25, 0.3) is 0 Å². The molecule has 76 heavy (non-hydrogen) atoms. The number of carbonyl (C=O) groups is 3. The Morgan fingerprint density at radius 1 is 0.382 bits per heavy atom. The molecule has 434 valence electrons. The molecular weight excluding hydrogens is 976 g/mol. The van der Waals surface area contributed by atoms with Crippen LogP contribution >= 0.6 is 7.82 Å². The van der Waals surface area contributed by atoms with Crippen molar-refractivity contribution in [1.82, 2.24) is 0 Å². The van der Waals surface area contributed by atoms with E-state index in [0.717, 1.165) is 141 Å². The van der Waals surface area contributed by atoms with Crippen LogP contribution in [-0.2, 0) is 42.2 Å². The van der Waals surface area contributed by atoms with Crippen molar-refractivity contribution in [3.05, 3.63) is 109 Å². The number of hydrogen-bond donors (Lipinski definition) is 2. The summed E-state index contributed by atoms with van der Waals surface area (Å²) in [6.45, 7) is 4.35. The van der Waals surface area contributed by atoms with Gasteiger partial charge in [0.05, 0.1) is 19.8 Å². The van der Waals surface area contributed by atoms with Gasteiger partial charge >= 0.3 is 25.7 Å². The molecule has 0 amide bonds. The van der Waals surface area contributed by atoms with Crippen LogP contribution in [0.2, 0.25) is 0 Å². The third kappa shape index (κ3) is 54.9. The molecule has 2 N–H and O–H groups in total. The number of hydrogen-bond acceptors (Lipinski definition) is 10. The van der Waals surface area contributed by atoms with Crippen molar-refractivity contribution in [3.8, 4) is 0 Å². The maximum absolute atomic E-state index is 12.9. The summed E-state index contributed by atoms with van der Waals surface area (Å²) in [5.74, 6) is -1.54. The lowest BCUT2D eigenvalue weighted by molar-refractivity contribution is -0.161. The Morgan fingerprint density at radius 3 is 1.08 bits per heavy atom. The molecule has 3 atom stereocenters. The fourth-order valence-corrected chi connectivity index (χ4v) is 8.47. The zero-order valence-corrected chi connectivity index (χ0v) is 48.8. The van der Waals surface area contributed by atoms with Crippen molar-refractivity contribution in [1.29, 1.82) is 0 Å². The second-order valence-corrected chi connectivity index (χ2v) is 20.8. The highest BCUT2D eigenvalue weighted by atomic mass is 31.2. The molecule has 3 unspecified atom stereocenters. The summed E-state index contributed by atoms with van der Waals surface area (Å²) in [6, 6.07) is 0. The average molecular weight is 1080 g/mol. The quantitative estimate of drug-likeness (QED) is 0.0197. The summed E-state index contributed by atoms with van der Waals surface area (Å²) in [7, 11) is -4.77. The minimum absolute atomic E-state index is 0.121. The topological polar surface area (TPSA) is 155 Å². The predicted octanol–water partition coefficient (Wildman–Crippen LogP) is 17.8. The van der Waals surface area contributed by atoms with Crippen molar-refractivity contribution in [3.63, 3.8) is 0 Å². The van der Waals surface area contributed by atoms with Crippen LogP contribution in [0.3, 0.4) is 0 Å². The van der Waals surface area contributed by atoms with E-state index in [-0.39, 0.29) is 25.9 Å². The molecule has 12 heteroatoms. The summed E-state index contributed by atoms with van der Waals surface area (Å²) in [4.78, 5) is 48.6. The van der Waals surface area contributed by atoms with Crippen LogP contribution < -0.4 is 0 Å². The molecule has 0 aromatic rings. The highest BCUT2D eigenvalue weighted by molar-refractivity contribution is 7.47. The maximum Gasteiger partial charge on any atom is 0.472 e. The predicted molar refractivity (Wildman–Crippen MR) is 316 cm³/mol. The van der Waals surface area contributed by atoms with Crippen LogP contribution in [-0.4, -0.2) is 66.5 Å². The SMILES string of the molecule is CC/C=C\C/C=C\C/C=C\C/C=C\C/C=C\CCCCCC(=O)OC(COC(=O)CCCCCCC/C=C\CCCCCCCC)COP(=O)(O)OCC(CO)OC(=O)CCCCCCC/C=C\C/C=C\C/C=C\CC. The molecule has 0 radical (unpaired) electrons. The first-order chi connectivity index (χ1) is 37.2. The largest absolute Gasteiger partial charge is 0.472 e. The Hall–Kier alpha value is -3.86. The highest BCUT2D eigenvalue weighted by Gasteiger charge is 2.28. The second-order valence-electron chi connectivity index (χ2n) is 19.4. The maximum atomic E-state index is 12.9. The number of carbonyl (C=O) groups excluding carboxylic acids is 3. The smallest absolute Gasteiger partial charge is 0.462 e. The highest BCUT2D eigenvalue weighted by Crippen LogP contribution is 2.43. The Bertz CT molecular complexity index is 1690. The lowest BCUT2D eigenvalue weighted by Crippen LogP contribution is -2.30. The van der Waals surface area contributed by atoms with Gasteiger partial charge in [-0.1, -0.05) is 207 Å². The number of aliphatic hydroxyl groups excluding tert-OH is 1. The third-order valence-corrected chi connectivity index (χ3v) is 13.1. The zero-order chi connectivity index (χ0) is 55.5. The van der Waals surface area contributed by atoms with Gasteiger partial charge in [0, 0.05) is 19.3 Å². The molecule has 0 aromatic carbocycles. The molecule has 0 aromatic heterocycles. The number of phosphoric acid groups is 1. The number of phosphoric ester groups is 1. The number of aliphatic hydroxyl groups is 1. The first-order valence-electron chi connectivity index (χ1n) is 29.8. The van der Waals surface area contributed by atoms with Gasteiger partial charge in [0.1, 0.15) is 12.7 Å². The molecule has 0 bridgehead atoms. The van der Waals surface area contributed by atoms with Crippen LogP contribution in [0.4, 0.5) is 0 Å². The monoisotopic (exact) mass is 1080 g/mol. The van der Waals surface area contributed by atoms with E-state index in [4.69, 9.17) is 23.3 Å². The van der Waals surface area contributed by atoms with E-state index in [1.165, 1.54) is 38.5 Å². The number of unbranched alkanes of at least 4 members (excludes halogenated alkanes) is 19. The van der Waals surface area contributed by atoms with Gasteiger partial charge in [-0.25, -0.2) is 4.57 Å². The van der Waals surface area contributed by atoms with E-state index < -0.39 is 57.8 Å². The summed E-state index contributed by atoms with van der Waals surface area (Å²) in [6.07, 6.45) is 69.0. The third-order valence-electron chi connectivity index (χ3n) is 12.2. The van der Waals surface area contributed by atoms with Gasteiger partial charge in [-0.05, 0) is 122 Å². The van der Waals surface area contributed by atoms with Crippen molar-refractivity contribution < 1.29 is 52.2 Å². The van der Waals surface area contributed by atoms with E-state index in [2.05, 4.69) is 130 Å². The second kappa shape index (κ2) is 57.3. The van der Waals surface area contributed by atoms with E-state index in [1.807, 2.05) is 0 Å². The normalized spacial score (nSPS) is 14.1. The minimum Gasteiger partial charge on any atom is -0.462 e. The van der Waals surface area contributed by atoms with Crippen molar-refractivity contribution in [2.24, 2.45) is 0 Å². The van der Waals surface area contributed by atoms with Gasteiger partial charge < -0.3 is 24.2 Å². The van der Waals surface area contributed by atoms with Crippen LogP contribution in [0, 0.1) is 0 Å². The molecule has 0 rings (SSSR count). The summed E-state index contributed by atoms with van der Waals surface area (Å²) >= 11 is 0. The molecule has 0 spiro atoms. The standard InChI is InChI=1S/C64H107O11P/c1-4-7-10-13-16-19-22-25-28-29-30-31-34-37-40-43-46-49-52-55-64(68)75-61(57-71-62(66)53-50-47-44-41-38-35-32-26-23-20-17-14-11-8-5-2)59-73-76(69,70)72-58-60(56-65)74-63(67)54-51-48-45-42-39-36-33-27-24-21-18-15-12-9-6-3/h7,9-10,12,16,18-19,21,25-28,30-33,37,40,60-61,65H,4-6,8,11,13-15,17,20,22-24,29,34-36,38-39,41-59H2,1-3H3,(H,69,70)/b10-7-,12-9-,19-16-,21-18-,28-25-,31-30-,32-26-,33-27-,40-37-. The van der Waals surface area contributed by atoms with Crippen molar-refractivity contribution in [2.75, 3.05) is 26.4 Å². The molecule has 0 fully saturated rings. The van der Waals surface area contributed by atoms with Crippen molar-refractivity contribution in [2.45, 2.75) is 251 Å². The van der Waals surface area contributed by atoms with Gasteiger partial charge in [0.15, 0.2) is 6.10 Å². The van der Waals surface area contributed by atoms with Crippen LogP contribution in [0.5, 0.6) is 0 Å². The van der Waals surface area contributed by atoms with E-state index in [1.54, 1.807) is 0 Å². The number of allylic oxidation sites excluding steroid dienone is 18. The fraction of sp³-hybridized carbons (Fsp3) is 0.672. The zero-order valence-electron chi connectivity index (χ0n) is 47.9. The first-order valence-corrected chi connectivity index (χ1v) is 31.3. The van der Waals surface area contributed by atoms with E-state index >= 15 is 0 Å². The fourth-order valence-electron chi connectivity index (χ4n) is 7.69. The molecule has 0 aliphatic carbocycles.